The second-order valence-electron chi connectivity index (χ2n) is 7.35. The van der Waals surface area contributed by atoms with Gasteiger partial charge in [-0.2, -0.15) is 0 Å². The van der Waals surface area contributed by atoms with E-state index in [9.17, 15) is 4.79 Å². The van der Waals surface area contributed by atoms with Crippen molar-refractivity contribution in [1.29, 1.82) is 0 Å². The lowest BCUT2D eigenvalue weighted by Crippen LogP contribution is -2.51. The van der Waals surface area contributed by atoms with Gasteiger partial charge in [-0.1, -0.05) is 12.1 Å². The predicted molar refractivity (Wildman–Crippen MR) is 87.5 cm³/mol. The van der Waals surface area contributed by atoms with E-state index in [1.165, 1.54) is 19.3 Å². The molecule has 1 amide bonds. The van der Waals surface area contributed by atoms with Crippen molar-refractivity contribution in [2.75, 3.05) is 11.6 Å². The number of amides is 1. The van der Waals surface area contributed by atoms with Crippen LogP contribution in [0, 0.1) is 23.2 Å². The van der Waals surface area contributed by atoms with Crippen LogP contribution in [0.3, 0.4) is 0 Å². The third-order valence-electron chi connectivity index (χ3n) is 5.88. The van der Waals surface area contributed by atoms with Gasteiger partial charge in [-0.3, -0.25) is 4.79 Å². The van der Waals surface area contributed by atoms with Crippen molar-refractivity contribution in [3.8, 4) is 0 Å². The minimum atomic E-state index is -0.0553. The number of rotatable bonds is 3. The summed E-state index contributed by atoms with van der Waals surface area (Å²) in [6.07, 6.45) is 9.61. The van der Waals surface area contributed by atoms with Gasteiger partial charge in [0, 0.05) is 4.90 Å². The van der Waals surface area contributed by atoms with E-state index in [-0.39, 0.29) is 5.41 Å². The Morgan fingerprint density at radius 3 is 2.24 bits per heavy atom. The van der Waals surface area contributed by atoms with Gasteiger partial charge in [0.1, 0.15) is 0 Å². The summed E-state index contributed by atoms with van der Waals surface area (Å²) in [4.78, 5) is 14.2. The van der Waals surface area contributed by atoms with Crippen molar-refractivity contribution in [3.05, 3.63) is 24.3 Å². The number of hydrogen-bond donors (Lipinski definition) is 1. The van der Waals surface area contributed by atoms with E-state index in [0.717, 1.165) is 47.6 Å². The Morgan fingerprint density at radius 2 is 1.67 bits per heavy atom. The highest BCUT2D eigenvalue weighted by Crippen LogP contribution is 2.60. The third-order valence-corrected chi connectivity index (χ3v) is 6.67. The monoisotopic (exact) mass is 301 g/mol. The Hall–Kier alpha value is -0.960. The fourth-order valence-corrected chi connectivity index (χ4v) is 5.95. The largest absolute Gasteiger partial charge is 0.325 e. The van der Waals surface area contributed by atoms with Crippen LogP contribution in [0.5, 0.6) is 0 Å². The van der Waals surface area contributed by atoms with Crippen LogP contribution < -0.4 is 5.32 Å². The average Bonchev–Trinajstić information content (AvgIpc) is 2.46. The minimum Gasteiger partial charge on any atom is -0.325 e. The molecule has 4 fully saturated rings. The van der Waals surface area contributed by atoms with E-state index in [2.05, 4.69) is 17.6 Å². The van der Waals surface area contributed by atoms with E-state index in [0.29, 0.717) is 5.91 Å². The molecule has 4 saturated carbocycles. The SMILES string of the molecule is CSc1ccccc1NC(=O)C12CC3CC(CC(C3)C1)C2. The molecule has 4 aliphatic carbocycles. The molecular formula is C18H23NOS. The normalized spacial score (nSPS) is 36.7. The van der Waals surface area contributed by atoms with Crippen LogP contribution in [-0.4, -0.2) is 12.2 Å². The van der Waals surface area contributed by atoms with Crippen LogP contribution in [0.15, 0.2) is 29.2 Å². The Kier molecular flexibility index (Phi) is 3.29. The Bertz CT molecular complexity index is 533. The van der Waals surface area contributed by atoms with Crippen LogP contribution in [0.25, 0.3) is 0 Å². The first-order valence-corrected chi connectivity index (χ1v) is 9.35. The molecule has 0 atom stereocenters. The van der Waals surface area contributed by atoms with Crippen LogP contribution in [-0.2, 0) is 4.79 Å². The molecule has 1 aromatic rings. The Labute approximate surface area is 131 Å². The van der Waals surface area contributed by atoms with Crippen LogP contribution in [0.4, 0.5) is 5.69 Å². The molecule has 3 heteroatoms. The second kappa shape index (κ2) is 5.05. The lowest BCUT2D eigenvalue weighted by molar-refractivity contribution is -0.140. The molecule has 0 aromatic heterocycles. The molecule has 0 radical (unpaired) electrons. The molecule has 0 heterocycles. The summed E-state index contributed by atoms with van der Waals surface area (Å²) in [5, 5.41) is 3.26. The molecule has 1 aromatic carbocycles. The third kappa shape index (κ3) is 2.30. The molecule has 4 bridgehead atoms. The number of thioether (sulfide) groups is 1. The van der Waals surface area contributed by atoms with Crippen LogP contribution >= 0.6 is 11.8 Å². The van der Waals surface area contributed by atoms with Gasteiger partial charge in [0.05, 0.1) is 11.1 Å². The van der Waals surface area contributed by atoms with Crippen molar-refractivity contribution in [2.45, 2.75) is 43.4 Å². The molecule has 0 aliphatic heterocycles. The van der Waals surface area contributed by atoms with Crippen LogP contribution in [0.2, 0.25) is 0 Å². The number of nitrogens with one attached hydrogen (secondary N) is 1. The Morgan fingerprint density at radius 1 is 1.10 bits per heavy atom. The van der Waals surface area contributed by atoms with Crippen molar-refractivity contribution >= 4 is 23.4 Å². The lowest BCUT2D eigenvalue weighted by Gasteiger charge is -2.55. The minimum absolute atomic E-state index is 0.0553. The number of carbonyl (C=O) groups is 1. The van der Waals surface area contributed by atoms with Crippen molar-refractivity contribution in [3.63, 3.8) is 0 Å². The maximum absolute atomic E-state index is 13.0. The highest BCUT2D eigenvalue weighted by atomic mass is 32.2. The first-order chi connectivity index (χ1) is 10.2. The number of carbonyl (C=O) groups excluding carboxylic acids is 1. The molecule has 0 unspecified atom stereocenters. The zero-order chi connectivity index (χ0) is 14.4. The van der Waals surface area contributed by atoms with Crippen molar-refractivity contribution in [2.24, 2.45) is 23.2 Å². The lowest BCUT2D eigenvalue weighted by atomic mass is 9.49. The number of benzene rings is 1. The highest BCUT2D eigenvalue weighted by molar-refractivity contribution is 7.98. The van der Waals surface area contributed by atoms with E-state index >= 15 is 0 Å². The summed E-state index contributed by atoms with van der Waals surface area (Å²) >= 11 is 1.70. The fourth-order valence-electron chi connectivity index (χ4n) is 5.39. The van der Waals surface area contributed by atoms with Gasteiger partial charge < -0.3 is 5.32 Å². The Balaban J connectivity index is 1.57. The van der Waals surface area contributed by atoms with Gasteiger partial charge in [-0.15, -0.1) is 11.8 Å². The molecule has 21 heavy (non-hydrogen) atoms. The average molecular weight is 301 g/mol. The van der Waals surface area contributed by atoms with Gasteiger partial charge in [0.25, 0.3) is 0 Å². The smallest absolute Gasteiger partial charge is 0.230 e. The highest BCUT2D eigenvalue weighted by Gasteiger charge is 2.54. The summed E-state index contributed by atoms with van der Waals surface area (Å²) in [6.45, 7) is 0. The topological polar surface area (TPSA) is 29.1 Å². The predicted octanol–water partition coefficient (Wildman–Crippen LogP) is 4.56. The molecule has 5 rings (SSSR count). The molecular weight excluding hydrogens is 278 g/mol. The first-order valence-electron chi connectivity index (χ1n) is 8.13. The number of anilines is 1. The molecule has 4 aliphatic rings. The maximum atomic E-state index is 13.0. The summed E-state index contributed by atoms with van der Waals surface area (Å²) in [7, 11) is 0. The molecule has 112 valence electrons. The van der Waals surface area contributed by atoms with Crippen molar-refractivity contribution in [1.82, 2.24) is 0 Å². The quantitative estimate of drug-likeness (QED) is 0.829. The van der Waals surface area contributed by atoms with Gasteiger partial charge in [-0.05, 0) is 74.7 Å². The molecule has 2 nitrogen and oxygen atoms in total. The van der Waals surface area contributed by atoms with Crippen LogP contribution in [0.1, 0.15) is 38.5 Å². The van der Waals surface area contributed by atoms with Gasteiger partial charge in [-0.25, -0.2) is 0 Å². The summed E-state index contributed by atoms with van der Waals surface area (Å²) in [6, 6.07) is 8.16. The van der Waals surface area contributed by atoms with Gasteiger partial charge in [0.15, 0.2) is 0 Å². The standard InChI is InChI=1S/C18H23NOS/c1-21-16-5-3-2-4-15(16)19-17(20)18-9-12-6-13(10-18)8-14(7-12)11-18/h2-5,12-14H,6-11H2,1H3,(H,19,20). The summed E-state index contributed by atoms with van der Waals surface area (Å²) in [5.74, 6) is 2.75. The van der Waals surface area contributed by atoms with E-state index in [4.69, 9.17) is 0 Å². The van der Waals surface area contributed by atoms with E-state index in [1.807, 2.05) is 18.2 Å². The van der Waals surface area contributed by atoms with E-state index < -0.39 is 0 Å². The summed E-state index contributed by atoms with van der Waals surface area (Å²) in [5.41, 5.74) is 0.936. The fraction of sp³-hybridized carbons (Fsp3) is 0.611. The second-order valence-corrected chi connectivity index (χ2v) is 8.20. The zero-order valence-corrected chi connectivity index (χ0v) is 13.4. The molecule has 0 spiro atoms. The number of hydrogen-bond acceptors (Lipinski definition) is 2. The summed E-state index contributed by atoms with van der Waals surface area (Å²) < 4.78 is 0. The zero-order valence-electron chi connectivity index (χ0n) is 12.6. The number of para-hydroxylation sites is 1. The van der Waals surface area contributed by atoms with E-state index in [1.54, 1.807) is 11.8 Å². The first kappa shape index (κ1) is 13.7. The van der Waals surface area contributed by atoms with Crippen molar-refractivity contribution < 1.29 is 4.79 Å². The molecule has 0 saturated heterocycles. The maximum Gasteiger partial charge on any atom is 0.230 e. The van der Waals surface area contributed by atoms with Gasteiger partial charge >= 0.3 is 0 Å². The molecule has 1 N–H and O–H groups in total. The van der Waals surface area contributed by atoms with Gasteiger partial charge in [0.2, 0.25) is 5.91 Å².